The molecular weight excluding hydrogens is 306 g/mol. The molecule has 0 radical (unpaired) electrons. The maximum atomic E-state index is 12.8. The molecule has 0 spiro atoms. The highest BCUT2D eigenvalue weighted by Crippen LogP contribution is 2.37. The van der Waals surface area contributed by atoms with Crippen LogP contribution in [0, 0.1) is 0 Å². The highest BCUT2D eigenvalue weighted by atomic mass is 16.3. The molecule has 0 unspecified atom stereocenters. The van der Waals surface area contributed by atoms with Crippen LogP contribution < -0.4 is 4.90 Å². The third kappa shape index (κ3) is 2.16. The third-order valence-corrected chi connectivity index (χ3v) is 4.79. The number of phenolic OH excluding ortho intramolecular Hbond substituents is 2. The second-order valence-electron chi connectivity index (χ2n) is 6.32. The minimum atomic E-state index is -0.387. The number of rotatable bonds is 1. The molecule has 1 heterocycles. The third-order valence-electron chi connectivity index (χ3n) is 4.79. The van der Waals surface area contributed by atoms with Crippen LogP contribution >= 0.6 is 0 Å². The lowest BCUT2D eigenvalue weighted by Crippen LogP contribution is -2.30. The standard InChI is InChI=1S/C19H17NO4/c21-12-9-15-17(16(22)10-12)19(24)13-5-4-11(8-14(13)18(15)23)20-6-2-1-3-7-20/h4-5,8-10,21-22H,1-3,6-7H2. The van der Waals surface area contributed by atoms with Gasteiger partial charge in [0.1, 0.15) is 11.5 Å². The van der Waals surface area contributed by atoms with E-state index in [2.05, 4.69) is 4.90 Å². The van der Waals surface area contributed by atoms with Gasteiger partial charge in [-0.1, -0.05) is 0 Å². The average Bonchev–Trinajstić information content (AvgIpc) is 2.59. The van der Waals surface area contributed by atoms with Crippen LogP contribution in [0.15, 0.2) is 30.3 Å². The number of aromatic hydroxyl groups is 2. The van der Waals surface area contributed by atoms with Crippen molar-refractivity contribution in [3.05, 3.63) is 52.6 Å². The molecule has 1 fully saturated rings. The Labute approximate surface area is 139 Å². The van der Waals surface area contributed by atoms with Crippen LogP contribution in [0.1, 0.15) is 51.1 Å². The van der Waals surface area contributed by atoms with E-state index in [1.807, 2.05) is 6.07 Å². The molecule has 0 bridgehead atoms. The van der Waals surface area contributed by atoms with E-state index >= 15 is 0 Å². The van der Waals surface area contributed by atoms with E-state index in [0.29, 0.717) is 11.1 Å². The molecule has 1 aliphatic carbocycles. The van der Waals surface area contributed by atoms with Gasteiger partial charge in [-0.3, -0.25) is 9.59 Å². The smallest absolute Gasteiger partial charge is 0.198 e. The molecule has 0 atom stereocenters. The highest BCUT2D eigenvalue weighted by Gasteiger charge is 2.33. The van der Waals surface area contributed by atoms with Gasteiger partial charge < -0.3 is 15.1 Å². The molecule has 2 aromatic rings. The predicted molar refractivity (Wildman–Crippen MR) is 89.1 cm³/mol. The first-order valence-corrected chi connectivity index (χ1v) is 8.10. The molecule has 1 saturated heterocycles. The van der Waals surface area contributed by atoms with Gasteiger partial charge in [-0.15, -0.1) is 0 Å². The molecule has 122 valence electrons. The Morgan fingerprint density at radius 2 is 1.54 bits per heavy atom. The average molecular weight is 323 g/mol. The monoisotopic (exact) mass is 323 g/mol. The number of carbonyl (C=O) groups is 2. The Hall–Kier alpha value is -2.82. The minimum Gasteiger partial charge on any atom is -0.508 e. The molecule has 5 heteroatoms. The van der Waals surface area contributed by atoms with E-state index in [1.165, 1.54) is 12.5 Å². The highest BCUT2D eigenvalue weighted by molar-refractivity contribution is 6.29. The summed E-state index contributed by atoms with van der Waals surface area (Å²) in [5, 5.41) is 19.6. The largest absolute Gasteiger partial charge is 0.508 e. The molecule has 0 amide bonds. The topological polar surface area (TPSA) is 77.8 Å². The van der Waals surface area contributed by atoms with Crippen molar-refractivity contribution in [3.63, 3.8) is 0 Å². The number of piperidine rings is 1. The Bertz CT molecular complexity index is 866. The Kier molecular flexibility index (Phi) is 3.30. The van der Waals surface area contributed by atoms with Crippen LogP contribution in [-0.4, -0.2) is 34.9 Å². The maximum Gasteiger partial charge on any atom is 0.198 e. The van der Waals surface area contributed by atoms with Crippen LogP contribution in [-0.2, 0) is 0 Å². The van der Waals surface area contributed by atoms with Gasteiger partial charge >= 0.3 is 0 Å². The van der Waals surface area contributed by atoms with E-state index in [1.54, 1.807) is 12.1 Å². The zero-order chi connectivity index (χ0) is 16.8. The molecular formula is C19H17NO4. The van der Waals surface area contributed by atoms with Crippen molar-refractivity contribution in [2.24, 2.45) is 0 Å². The van der Waals surface area contributed by atoms with E-state index < -0.39 is 0 Å². The summed E-state index contributed by atoms with van der Waals surface area (Å²) in [5.74, 6) is -1.33. The first-order valence-electron chi connectivity index (χ1n) is 8.10. The summed E-state index contributed by atoms with van der Waals surface area (Å²) < 4.78 is 0. The molecule has 2 aliphatic rings. The van der Waals surface area contributed by atoms with Gasteiger partial charge in [0.15, 0.2) is 11.6 Å². The number of hydrogen-bond donors (Lipinski definition) is 2. The van der Waals surface area contributed by atoms with Crippen molar-refractivity contribution in [2.45, 2.75) is 19.3 Å². The first-order chi connectivity index (χ1) is 11.6. The van der Waals surface area contributed by atoms with E-state index in [-0.39, 0.29) is 34.2 Å². The van der Waals surface area contributed by atoms with Crippen molar-refractivity contribution >= 4 is 17.3 Å². The van der Waals surface area contributed by atoms with Gasteiger partial charge in [-0.25, -0.2) is 0 Å². The fourth-order valence-corrected chi connectivity index (χ4v) is 3.58. The molecule has 24 heavy (non-hydrogen) atoms. The van der Waals surface area contributed by atoms with E-state index in [9.17, 15) is 19.8 Å². The quantitative estimate of drug-likeness (QED) is 0.720. The molecule has 0 saturated carbocycles. The summed E-state index contributed by atoms with van der Waals surface area (Å²) in [6.07, 6.45) is 3.45. The van der Waals surface area contributed by atoms with Crippen molar-refractivity contribution in [3.8, 4) is 11.5 Å². The Morgan fingerprint density at radius 1 is 0.792 bits per heavy atom. The zero-order valence-corrected chi connectivity index (χ0v) is 13.1. The van der Waals surface area contributed by atoms with Crippen molar-refractivity contribution in [2.75, 3.05) is 18.0 Å². The first kappa shape index (κ1) is 14.8. The molecule has 0 aromatic heterocycles. The number of phenols is 2. The lowest BCUT2D eigenvalue weighted by molar-refractivity contribution is 0.0976. The number of fused-ring (bicyclic) bond motifs is 2. The fourth-order valence-electron chi connectivity index (χ4n) is 3.58. The summed E-state index contributed by atoms with van der Waals surface area (Å²) in [5.41, 5.74) is 1.59. The number of anilines is 1. The summed E-state index contributed by atoms with van der Waals surface area (Å²) in [4.78, 5) is 27.7. The summed E-state index contributed by atoms with van der Waals surface area (Å²) in [7, 11) is 0. The Balaban J connectivity index is 1.83. The van der Waals surface area contributed by atoms with Crippen molar-refractivity contribution in [1.29, 1.82) is 0 Å². The minimum absolute atomic E-state index is 0.0315. The van der Waals surface area contributed by atoms with Crippen LogP contribution in [0.25, 0.3) is 0 Å². The molecule has 2 aromatic carbocycles. The van der Waals surface area contributed by atoms with Gasteiger partial charge in [0.2, 0.25) is 0 Å². The molecule has 4 rings (SSSR count). The van der Waals surface area contributed by atoms with Crippen LogP contribution in [0.3, 0.4) is 0 Å². The van der Waals surface area contributed by atoms with Gasteiger partial charge in [0.25, 0.3) is 0 Å². The van der Waals surface area contributed by atoms with Gasteiger partial charge in [-0.05, 0) is 43.5 Å². The zero-order valence-electron chi connectivity index (χ0n) is 13.1. The number of carbonyl (C=O) groups excluding carboxylic acids is 2. The van der Waals surface area contributed by atoms with Crippen LogP contribution in [0.2, 0.25) is 0 Å². The van der Waals surface area contributed by atoms with Gasteiger partial charge in [-0.2, -0.15) is 0 Å². The van der Waals surface area contributed by atoms with E-state index in [4.69, 9.17) is 0 Å². The van der Waals surface area contributed by atoms with Crippen molar-refractivity contribution < 1.29 is 19.8 Å². The molecule has 1 aliphatic heterocycles. The second-order valence-corrected chi connectivity index (χ2v) is 6.32. The lowest BCUT2D eigenvalue weighted by atomic mass is 9.83. The van der Waals surface area contributed by atoms with Crippen molar-refractivity contribution in [1.82, 2.24) is 0 Å². The van der Waals surface area contributed by atoms with E-state index in [0.717, 1.165) is 37.7 Å². The van der Waals surface area contributed by atoms with Crippen LogP contribution in [0.4, 0.5) is 5.69 Å². The summed E-state index contributed by atoms with van der Waals surface area (Å²) in [6.45, 7) is 1.89. The van der Waals surface area contributed by atoms with Gasteiger partial charge in [0.05, 0.1) is 5.56 Å². The maximum absolute atomic E-state index is 12.8. The Morgan fingerprint density at radius 3 is 2.29 bits per heavy atom. The lowest BCUT2D eigenvalue weighted by Gasteiger charge is -2.30. The van der Waals surface area contributed by atoms with Crippen LogP contribution in [0.5, 0.6) is 11.5 Å². The number of nitrogens with zero attached hydrogens (tertiary/aromatic N) is 1. The fraction of sp³-hybridized carbons (Fsp3) is 0.263. The van der Waals surface area contributed by atoms with Gasteiger partial charge in [0, 0.05) is 41.5 Å². The predicted octanol–water partition coefficient (Wildman–Crippen LogP) is 2.86. The molecule has 2 N–H and O–H groups in total. The number of benzene rings is 2. The normalized spacial score (nSPS) is 16.8. The number of hydrogen-bond acceptors (Lipinski definition) is 5. The SMILES string of the molecule is O=C1c2cc(N3CCCCC3)ccc2C(=O)c2c(O)cc(O)cc21. The second kappa shape index (κ2) is 5.37. The molecule has 5 nitrogen and oxygen atoms in total. The summed E-state index contributed by atoms with van der Waals surface area (Å²) in [6, 6.07) is 7.60. The summed E-state index contributed by atoms with van der Waals surface area (Å²) >= 11 is 0. The number of ketones is 2.